The fourth-order valence-electron chi connectivity index (χ4n) is 10.8. The molecule has 21 aliphatic rings. The molecule has 0 aromatic heterocycles. The molecule has 19 N–H and O–H groups in total. The first-order valence-electron chi connectivity index (χ1n) is 25.4. The summed E-state index contributed by atoms with van der Waals surface area (Å²) in [7, 11) is 0. The van der Waals surface area contributed by atoms with E-state index in [0.717, 1.165) is 0 Å². The second kappa shape index (κ2) is 27.8. The number of hydrogen-bond acceptors (Lipinski definition) is 35. The van der Waals surface area contributed by atoms with Crippen LogP contribution < -0.4 is 0 Å². The molecule has 0 aromatic carbocycles. The zero-order valence-electron chi connectivity index (χ0n) is 42.1. The normalized spacial score (nSPS) is 52.9. The van der Waals surface area contributed by atoms with Gasteiger partial charge < -0.3 is 163 Å². The predicted molar refractivity (Wildman–Crippen MR) is 242 cm³/mol. The standard InChI is InChI=1S/C42H68N6O33/c43-47-45-15-17(56)36-68-9(2-50)30(15)76-39-25(64)20(59)33(12(5-53)71-39)79-41-27(66)22(61)35(14(7-55)73-41)81-42-28(67)23(62)34(13(6-54)74-42)80-40-26(65)21(60)32(11(4-52)72-40)78-37-18(57)16(46-48-44)29(8(1-49)69-37)75-38-24(63)19(58)31(77-36)10(3-51)70-38/h8-42,49-67H,1-7H2/t8-,9-,10-,11-,12-,13-,14-,15-,16-,17-,18-,19-,20-,21-,22-,23-,24-,25-,26-,27-,28-,29-,30-,31-,32-,33-,34-,35-,36-,37-,38-,39-,40-,41-,42-/m1/s1. The quantitative estimate of drug-likeness (QED) is 0.0579. The molecule has 21 saturated heterocycles. The van der Waals surface area contributed by atoms with Gasteiger partial charge in [0.1, 0.15) is 159 Å². The van der Waals surface area contributed by atoms with Crippen LogP contribution in [0, 0.1) is 0 Å². The van der Waals surface area contributed by atoms with Crippen molar-refractivity contribution in [2.45, 2.75) is 215 Å². The van der Waals surface area contributed by atoms with Crippen molar-refractivity contribution < 1.29 is 163 Å². The third-order valence-electron chi connectivity index (χ3n) is 15.2. The molecule has 21 aliphatic heterocycles. The molecule has 464 valence electrons. The summed E-state index contributed by atoms with van der Waals surface area (Å²) in [6.45, 7) is -7.49. The van der Waals surface area contributed by atoms with E-state index in [1.54, 1.807) is 0 Å². The van der Waals surface area contributed by atoms with E-state index in [2.05, 4.69) is 20.1 Å². The van der Waals surface area contributed by atoms with Crippen LogP contribution in [0.15, 0.2) is 10.2 Å². The van der Waals surface area contributed by atoms with Crippen molar-refractivity contribution >= 4 is 0 Å². The molecule has 0 amide bonds. The Morgan fingerprint density at radius 1 is 0.235 bits per heavy atom. The number of azide groups is 2. The lowest BCUT2D eigenvalue weighted by molar-refractivity contribution is -0.394. The Morgan fingerprint density at radius 3 is 0.568 bits per heavy atom. The molecule has 14 bridgehead atoms. The van der Waals surface area contributed by atoms with E-state index in [0.29, 0.717) is 0 Å². The summed E-state index contributed by atoms with van der Waals surface area (Å²) in [6, 6.07) is -3.81. The Labute approximate surface area is 455 Å². The fourth-order valence-corrected chi connectivity index (χ4v) is 10.8. The average molecular weight is 1190 g/mol. The topological polar surface area (TPSA) is 611 Å². The third kappa shape index (κ3) is 12.8. The van der Waals surface area contributed by atoms with Crippen LogP contribution in [-0.2, 0) is 66.3 Å². The second-order valence-corrected chi connectivity index (χ2v) is 20.1. The molecule has 21 fully saturated rings. The van der Waals surface area contributed by atoms with Crippen LogP contribution in [0.2, 0.25) is 0 Å². The first kappa shape index (κ1) is 64.3. The lowest BCUT2D eigenvalue weighted by Crippen LogP contribution is -2.68. The van der Waals surface area contributed by atoms with Crippen LogP contribution in [0.1, 0.15) is 0 Å². The molecule has 21 heterocycles. The van der Waals surface area contributed by atoms with Gasteiger partial charge in [-0.2, -0.15) is 0 Å². The highest BCUT2D eigenvalue weighted by atomic mass is 16.8. The zero-order valence-corrected chi connectivity index (χ0v) is 42.1. The van der Waals surface area contributed by atoms with Crippen LogP contribution in [0.5, 0.6) is 0 Å². The Balaban J connectivity index is 1.11. The molecule has 0 aliphatic carbocycles. The number of nitrogens with zero attached hydrogens (tertiary/aromatic N) is 6. The molecule has 0 unspecified atom stereocenters. The van der Waals surface area contributed by atoms with Crippen LogP contribution in [-0.4, -0.2) is 358 Å². The molecule has 0 radical (unpaired) electrons. The van der Waals surface area contributed by atoms with Gasteiger partial charge in [-0.3, -0.25) is 0 Å². The van der Waals surface area contributed by atoms with Gasteiger partial charge in [0.15, 0.2) is 44.0 Å². The fraction of sp³-hybridized carbons (Fsp3) is 1.00. The van der Waals surface area contributed by atoms with Crippen LogP contribution in [0.25, 0.3) is 20.9 Å². The Bertz CT molecular complexity index is 2080. The molecule has 81 heavy (non-hydrogen) atoms. The van der Waals surface area contributed by atoms with E-state index in [1.807, 2.05) is 0 Å². The van der Waals surface area contributed by atoms with Gasteiger partial charge in [0, 0.05) is 9.82 Å². The summed E-state index contributed by atoms with van der Waals surface area (Å²) < 4.78 is 80.4. The van der Waals surface area contributed by atoms with Gasteiger partial charge in [-0.15, -0.1) is 0 Å². The second-order valence-electron chi connectivity index (χ2n) is 20.1. The Kier molecular flexibility index (Phi) is 22.0. The van der Waals surface area contributed by atoms with Crippen molar-refractivity contribution in [1.82, 2.24) is 0 Å². The van der Waals surface area contributed by atoms with Crippen molar-refractivity contribution in [3.8, 4) is 0 Å². The highest BCUT2D eigenvalue weighted by Gasteiger charge is 2.59. The summed E-state index contributed by atoms with van der Waals surface area (Å²) in [5.41, 5.74) is 19.2. The van der Waals surface area contributed by atoms with E-state index < -0.39 is 261 Å². The SMILES string of the molecule is [N-]=[N+]=N[C@@H]1[C@@H](O)[C@H]2O[C@H]3[C@H](O)[C@@H](O)[C@@H](O[C@H]4[C@H](O)[C@@H](O)[C@@H](O[C@H]5[C@H](O)[C@@H](O)[C@@H](O[C@H]6[C@H](O)[C@@H](O)[C@@H](O[C@H]7[C@H](N=[N+]=[N-])[C@@H](O)[C@@H](O[C@H]8[C@H](O)[C@@H](O)[C@@H](O[C@@H]1[C@@H](CO)O2)O[C@@H]8CO)O[C@@H]7CO)O[C@@H]6CO)O[C@@H]5CO)O[C@@H]4CO)O[C@@H]3CO. The smallest absolute Gasteiger partial charge is 0.187 e. The number of ether oxygens (including phenoxy) is 14. The molecule has 39 heteroatoms. The van der Waals surface area contributed by atoms with Gasteiger partial charge >= 0.3 is 0 Å². The van der Waals surface area contributed by atoms with Crippen molar-refractivity contribution in [3.05, 3.63) is 20.9 Å². The summed E-state index contributed by atoms with van der Waals surface area (Å²) >= 11 is 0. The van der Waals surface area contributed by atoms with Gasteiger partial charge in [-0.1, -0.05) is 10.2 Å². The number of aliphatic hydroxyl groups is 19. The maximum Gasteiger partial charge on any atom is 0.187 e. The van der Waals surface area contributed by atoms with Gasteiger partial charge in [-0.25, -0.2) is 0 Å². The maximum atomic E-state index is 11.6. The van der Waals surface area contributed by atoms with E-state index >= 15 is 0 Å². The molecule has 0 spiro atoms. The highest BCUT2D eigenvalue weighted by molar-refractivity contribution is 5.03. The van der Waals surface area contributed by atoms with Crippen molar-refractivity contribution in [1.29, 1.82) is 0 Å². The van der Waals surface area contributed by atoms with Crippen molar-refractivity contribution in [3.63, 3.8) is 0 Å². The molecule has 21 rings (SSSR count). The minimum atomic E-state index is -2.25. The van der Waals surface area contributed by atoms with Crippen LogP contribution >= 0.6 is 0 Å². The number of rotatable bonds is 9. The molecule has 35 atom stereocenters. The first-order valence-corrected chi connectivity index (χ1v) is 25.4. The number of aliphatic hydroxyl groups excluding tert-OH is 19. The lowest BCUT2D eigenvalue weighted by Gasteiger charge is -2.50. The van der Waals surface area contributed by atoms with E-state index in [1.165, 1.54) is 0 Å². The van der Waals surface area contributed by atoms with Crippen LogP contribution in [0.4, 0.5) is 0 Å². The van der Waals surface area contributed by atoms with E-state index in [9.17, 15) is 108 Å². The Morgan fingerprint density at radius 2 is 0.395 bits per heavy atom. The molecule has 39 nitrogen and oxygen atoms in total. The van der Waals surface area contributed by atoms with Crippen molar-refractivity contribution in [2.24, 2.45) is 10.2 Å². The van der Waals surface area contributed by atoms with Crippen molar-refractivity contribution in [2.75, 3.05) is 46.2 Å². The summed E-state index contributed by atoms with van der Waals surface area (Å²) in [4.78, 5) is 5.39. The zero-order chi connectivity index (χ0) is 58.9. The molecule has 0 aromatic rings. The van der Waals surface area contributed by atoms with Gasteiger partial charge in [0.25, 0.3) is 0 Å². The number of hydrogen-bond donors (Lipinski definition) is 19. The summed E-state index contributed by atoms with van der Waals surface area (Å²) in [6.07, 6.45) is -66.6. The van der Waals surface area contributed by atoms with Gasteiger partial charge in [0.2, 0.25) is 0 Å². The summed E-state index contributed by atoms with van der Waals surface area (Å²) in [5.74, 6) is 0. The van der Waals surface area contributed by atoms with E-state index in [-0.39, 0.29) is 0 Å². The third-order valence-corrected chi connectivity index (χ3v) is 15.2. The highest BCUT2D eigenvalue weighted by Crippen LogP contribution is 2.39. The van der Waals surface area contributed by atoms with Crippen LogP contribution in [0.3, 0.4) is 0 Å². The summed E-state index contributed by atoms with van der Waals surface area (Å²) in [5, 5.41) is 217. The molecule has 0 saturated carbocycles. The maximum absolute atomic E-state index is 11.6. The van der Waals surface area contributed by atoms with Gasteiger partial charge in [0.05, 0.1) is 58.3 Å². The first-order chi connectivity index (χ1) is 38.7. The molecular formula is C42H68N6O33. The predicted octanol–water partition coefficient (Wildman–Crippen LogP) is -12.6. The lowest BCUT2D eigenvalue weighted by atomic mass is 9.94. The van der Waals surface area contributed by atoms with Gasteiger partial charge in [-0.05, 0) is 11.1 Å². The minimum Gasteiger partial charge on any atom is -0.394 e. The van der Waals surface area contributed by atoms with E-state index in [4.69, 9.17) is 66.3 Å². The minimum absolute atomic E-state index is 1.06. The largest absolute Gasteiger partial charge is 0.394 e. The monoisotopic (exact) mass is 1180 g/mol. The molecular weight excluding hydrogens is 1120 g/mol. The average Bonchev–Trinajstić information content (AvgIpc) is 3.47. The Hall–Kier alpha value is -2.70.